The number of aliphatic hydroxyl groups is 3. The van der Waals surface area contributed by atoms with Crippen molar-refractivity contribution in [3.05, 3.63) is 35.9 Å². The lowest BCUT2D eigenvalue weighted by Gasteiger charge is -2.29. The molecule has 1 saturated heterocycles. The summed E-state index contributed by atoms with van der Waals surface area (Å²) in [6, 6.07) is -6.64. The van der Waals surface area contributed by atoms with Crippen LogP contribution in [0.25, 0.3) is 0 Å². The van der Waals surface area contributed by atoms with Gasteiger partial charge in [0, 0.05) is 19.4 Å². The first kappa shape index (κ1) is 72.3. The number of benzene rings is 1. The number of rotatable bonds is 27. The maximum absolute atomic E-state index is 14.5. The van der Waals surface area contributed by atoms with Crippen LogP contribution in [-0.4, -0.2) is 185 Å². The molecule has 0 unspecified atom stereocenters. The zero-order valence-corrected chi connectivity index (χ0v) is 49.1. The largest absolute Gasteiger partial charge is 0.391 e. The lowest BCUT2D eigenvalue weighted by Crippen LogP contribution is -2.63. The molecule has 0 aliphatic carbocycles. The molecule has 0 spiro atoms. The van der Waals surface area contributed by atoms with Crippen LogP contribution in [0.2, 0.25) is 0 Å². The molecule has 28 nitrogen and oxygen atoms in total. The molecular weight excluding hydrogens is 1080 g/mol. The fraction of sp³-hybridized carbons (Fsp3) is 0.691. The zero-order valence-electron chi connectivity index (χ0n) is 49.1. The van der Waals surface area contributed by atoms with Crippen molar-refractivity contribution in [2.75, 3.05) is 26.2 Å². The second-order valence-corrected chi connectivity index (χ2v) is 21.4. The van der Waals surface area contributed by atoms with E-state index >= 15 is 0 Å². The van der Waals surface area contributed by atoms with Gasteiger partial charge in [0.1, 0.15) is 60.4 Å². The standard InChI is InChI=1S/C55H94N14O14/c1-8-10-11-12-16-19-42(73)60-36(20-24-56)49(77)68-45(33(7)72)55(83)69-44(32(6)71)54(82)64-39-23-27-59-53(81)43(31(5)70)67-50(78)38(22-26-58)62-46(74)35(9-2)61-51(79)40(28-30(3)4)65-52(80)41(29-34-17-14-13-15-18-34)66-47(75)37(21-25-57)63-48(39)76/h13-15,17-18,30-33,35-41,43-45,70-72H,8-12,16,19-29,56-58H2,1-7H3,(H,59,81)(H,60,73)(H,61,79)(H,62,74)(H,63,76)(H,64,82)(H,65,80)(H,66,75)(H,67,78)(H,68,77)(H,69,83)/t31-,32+,33-,35+,36+,37+,38+,39+,40+,41-,43+,44-,45+/m1/s1. The van der Waals surface area contributed by atoms with Gasteiger partial charge in [-0.15, -0.1) is 0 Å². The molecular formula is C55H94N14O14. The smallest absolute Gasteiger partial charge is 0.245 e. The second kappa shape index (κ2) is 38.1. The van der Waals surface area contributed by atoms with Gasteiger partial charge >= 0.3 is 0 Å². The van der Waals surface area contributed by atoms with Gasteiger partial charge in [0.25, 0.3) is 0 Å². The van der Waals surface area contributed by atoms with Crippen LogP contribution in [0.3, 0.4) is 0 Å². The van der Waals surface area contributed by atoms with Crippen LogP contribution in [0.4, 0.5) is 0 Å². The first-order valence-corrected chi connectivity index (χ1v) is 28.8. The number of nitrogens with two attached hydrogens (primary N) is 3. The zero-order chi connectivity index (χ0) is 62.3. The van der Waals surface area contributed by atoms with Crippen molar-refractivity contribution >= 4 is 65.0 Å². The topological polar surface area (TPSA) is 459 Å². The average molecular weight is 1180 g/mol. The third-order valence-electron chi connectivity index (χ3n) is 13.6. The highest BCUT2D eigenvalue weighted by Crippen LogP contribution is 2.12. The molecule has 1 heterocycles. The summed E-state index contributed by atoms with van der Waals surface area (Å²) in [5, 5.41) is 60.1. The lowest BCUT2D eigenvalue weighted by molar-refractivity contribution is -0.138. The molecule has 0 aromatic heterocycles. The minimum absolute atomic E-state index is 0.0219. The van der Waals surface area contributed by atoms with E-state index in [-0.39, 0.29) is 70.5 Å². The van der Waals surface area contributed by atoms with Crippen LogP contribution in [0.15, 0.2) is 30.3 Å². The normalized spacial score (nSPS) is 23.2. The predicted molar refractivity (Wildman–Crippen MR) is 306 cm³/mol. The minimum atomic E-state index is -1.92. The number of nitrogens with one attached hydrogen (secondary N) is 11. The van der Waals surface area contributed by atoms with E-state index in [1.54, 1.807) is 51.1 Å². The Morgan fingerprint density at radius 2 is 1.08 bits per heavy atom. The summed E-state index contributed by atoms with van der Waals surface area (Å²) in [5.74, 6) is -10.3. The molecule has 11 amide bonds. The molecule has 2 rings (SSSR count). The maximum atomic E-state index is 14.5. The van der Waals surface area contributed by atoms with Crippen molar-refractivity contribution in [3.63, 3.8) is 0 Å². The molecule has 0 bridgehead atoms. The number of carbonyl (C=O) groups is 11. The van der Waals surface area contributed by atoms with Gasteiger partial charge in [0.05, 0.1) is 18.3 Å². The summed E-state index contributed by atoms with van der Waals surface area (Å²) >= 11 is 0. The molecule has 468 valence electrons. The Kier molecular flexibility index (Phi) is 33.2. The third kappa shape index (κ3) is 25.7. The number of hydrogen-bond acceptors (Lipinski definition) is 17. The van der Waals surface area contributed by atoms with E-state index in [0.29, 0.717) is 12.0 Å². The van der Waals surface area contributed by atoms with E-state index in [1.807, 2.05) is 0 Å². The number of carbonyl (C=O) groups excluding carboxylic acids is 11. The van der Waals surface area contributed by atoms with E-state index in [4.69, 9.17) is 17.2 Å². The molecule has 0 radical (unpaired) electrons. The van der Waals surface area contributed by atoms with Gasteiger partial charge in [-0.25, -0.2) is 0 Å². The molecule has 13 atom stereocenters. The third-order valence-corrected chi connectivity index (χ3v) is 13.6. The molecule has 1 aliphatic heterocycles. The van der Waals surface area contributed by atoms with E-state index in [1.165, 1.54) is 13.8 Å². The van der Waals surface area contributed by atoms with Crippen LogP contribution in [-0.2, 0) is 59.2 Å². The van der Waals surface area contributed by atoms with E-state index < -0.39 is 157 Å². The van der Waals surface area contributed by atoms with Crippen LogP contribution < -0.4 is 75.7 Å². The first-order chi connectivity index (χ1) is 39.3. The number of hydrogen-bond donors (Lipinski definition) is 17. The average Bonchev–Trinajstić information content (AvgIpc) is 3.53. The van der Waals surface area contributed by atoms with Gasteiger partial charge in [0.15, 0.2) is 0 Å². The van der Waals surface area contributed by atoms with Gasteiger partial charge in [-0.2, -0.15) is 0 Å². The molecule has 1 aromatic carbocycles. The van der Waals surface area contributed by atoms with Crippen LogP contribution in [0.5, 0.6) is 0 Å². The van der Waals surface area contributed by atoms with Crippen LogP contribution in [0.1, 0.15) is 131 Å². The maximum Gasteiger partial charge on any atom is 0.245 e. The highest BCUT2D eigenvalue weighted by atomic mass is 16.3. The fourth-order valence-corrected chi connectivity index (χ4v) is 8.88. The van der Waals surface area contributed by atoms with E-state index in [9.17, 15) is 68.1 Å². The Morgan fingerprint density at radius 1 is 0.578 bits per heavy atom. The van der Waals surface area contributed by atoms with Crippen molar-refractivity contribution in [2.45, 2.75) is 211 Å². The van der Waals surface area contributed by atoms with Crippen molar-refractivity contribution in [2.24, 2.45) is 23.1 Å². The SMILES string of the molecule is CCCCCCCC(=O)N[C@@H](CCN)C(=O)N[C@H](C(=O)N[C@@H](C(=O)N[C@H]1CCNC(=O)[C@H]([C@@H](C)O)NC(=O)[C@H](CCN)NC(=O)[C@H](CC)NC(=O)[C@H](CC(C)C)NC(=O)[C@@H](Cc2ccccc2)NC(=O)[C@H](CCN)NC1=O)[C@H](C)O)[C@@H](C)O. The quantitative estimate of drug-likeness (QED) is 0.0370. The van der Waals surface area contributed by atoms with Gasteiger partial charge in [0.2, 0.25) is 65.0 Å². The fourth-order valence-electron chi connectivity index (χ4n) is 8.88. The summed E-state index contributed by atoms with van der Waals surface area (Å²) in [6.45, 7) is 9.83. The van der Waals surface area contributed by atoms with E-state index in [2.05, 4.69) is 65.4 Å². The van der Waals surface area contributed by atoms with Crippen molar-refractivity contribution in [1.29, 1.82) is 0 Å². The predicted octanol–water partition coefficient (Wildman–Crippen LogP) is -4.40. The second-order valence-electron chi connectivity index (χ2n) is 21.4. The number of unbranched alkanes of at least 4 members (excludes halogenated alkanes) is 4. The lowest BCUT2D eigenvalue weighted by atomic mass is 10.00. The molecule has 20 N–H and O–H groups in total. The van der Waals surface area contributed by atoms with Crippen molar-refractivity contribution < 1.29 is 68.1 Å². The van der Waals surface area contributed by atoms with Crippen LogP contribution in [0, 0.1) is 5.92 Å². The molecule has 1 aromatic rings. The van der Waals surface area contributed by atoms with Gasteiger partial charge < -0.3 is 91.0 Å². The summed E-state index contributed by atoms with van der Waals surface area (Å²) in [4.78, 5) is 153. The van der Waals surface area contributed by atoms with Gasteiger partial charge in [-0.05, 0) is 96.8 Å². The molecule has 0 saturated carbocycles. The molecule has 1 fully saturated rings. The van der Waals surface area contributed by atoms with Crippen molar-refractivity contribution in [1.82, 2.24) is 58.5 Å². The Labute approximate surface area is 486 Å². The number of aliphatic hydroxyl groups excluding tert-OH is 3. The Balaban J connectivity index is 2.67. The van der Waals surface area contributed by atoms with Crippen molar-refractivity contribution in [3.8, 4) is 0 Å². The molecule has 28 heteroatoms. The Hall–Kier alpha value is -6.85. The molecule has 1 aliphatic rings. The summed E-state index contributed by atoms with van der Waals surface area (Å²) < 4.78 is 0. The number of amides is 11. The van der Waals surface area contributed by atoms with Gasteiger partial charge in [-0.3, -0.25) is 52.7 Å². The summed E-state index contributed by atoms with van der Waals surface area (Å²) in [7, 11) is 0. The minimum Gasteiger partial charge on any atom is -0.391 e. The first-order valence-electron chi connectivity index (χ1n) is 28.8. The Morgan fingerprint density at radius 3 is 1.64 bits per heavy atom. The highest BCUT2D eigenvalue weighted by molar-refractivity contribution is 5.99. The monoisotopic (exact) mass is 1170 g/mol. The van der Waals surface area contributed by atoms with Crippen LogP contribution >= 0.6 is 0 Å². The molecule has 83 heavy (non-hydrogen) atoms. The summed E-state index contributed by atoms with van der Waals surface area (Å²) in [6.07, 6.45) is -1.46. The van der Waals surface area contributed by atoms with Gasteiger partial charge in [-0.1, -0.05) is 83.7 Å². The Bertz CT molecular complexity index is 2280. The van der Waals surface area contributed by atoms with E-state index in [0.717, 1.165) is 32.6 Å². The highest BCUT2D eigenvalue weighted by Gasteiger charge is 2.38. The summed E-state index contributed by atoms with van der Waals surface area (Å²) in [5.41, 5.74) is 18.1.